The van der Waals surface area contributed by atoms with E-state index in [2.05, 4.69) is 26.1 Å². The van der Waals surface area contributed by atoms with Crippen molar-refractivity contribution in [1.82, 2.24) is 14.7 Å². The lowest BCUT2D eigenvalue weighted by Crippen LogP contribution is -1.98. The van der Waals surface area contributed by atoms with Crippen LogP contribution in [0.1, 0.15) is 5.76 Å². The van der Waals surface area contributed by atoms with Crippen molar-refractivity contribution in [3.8, 4) is 0 Å². The lowest BCUT2D eigenvalue weighted by molar-refractivity contribution is 0.377. The molecule has 3 rings (SSSR count). The maximum Gasteiger partial charge on any atom is 0.178 e. The summed E-state index contributed by atoms with van der Waals surface area (Å²) in [6.07, 6.45) is 1.63. The van der Waals surface area contributed by atoms with Gasteiger partial charge in [0.25, 0.3) is 0 Å². The lowest BCUT2D eigenvalue weighted by atomic mass is 10.3. The van der Waals surface area contributed by atoms with E-state index in [4.69, 9.17) is 16.7 Å². The Hall–Kier alpha value is -1.40. The third-order valence-corrected chi connectivity index (χ3v) is 3.36. The minimum absolute atomic E-state index is 0.584. The van der Waals surface area contributed by atoms with Crippen LogP contribution in [0.5, 0.6) is 0 Å². The molecule has 0 spiro atoms. The van der Waals surface area contributed by atoms with E-state index in [1.165, 1.54) is 0 Å². The van der Waals surface area contributed by atoms with Gasteiger partial charge in [0, 0.05) is 10.5 Å². The predicted molar refractivity (Wildman–Crippen MR) is 70.4 cm³/mol. The highest BCUT2D eigenvalue weighted by Crippen LogP contribution is 2.20. The largest absolute Gasteiger partial charge is 0.359 e. The Morgan fingerprint density at radius 2 is 2.29 bits per heavy atom. The average Bonchev–Trinajstić information content (AvgIpc) is 2.88. The van der Waals surface area contributed by atoms with Crippen LogP contribution >= 0.6 is 28.1 Å². The van der Waals surface area contributed by atoms with E-state index in [0.29, 0.717) is 11.3 Å². The molecule has 17 heavy (non-hydrogen) atoms. The highest BCUT2D eigenvalue weighted by Gasteiger charge is 2.07. The van der Waals surface area contributed by atoms with Gasteiger partial charge < -0.3 is 14.1 Å². The zero-order chi connectivity index (χ0) is 11.8. The van der Waals surface area contributed by atoms with E-state index in [9.17, 15) is 0 Å². The van der Waals surface area contributed by atoms with E-state index >= 15 is 0 Å². The molecule has 0 saturated heterocycles. The second-order valence-corrected chi connectivity index (χ2v) is 4.96. The molecule has 0 radical (unpaired) electrons. The Labute approximate surface area is 110 Å². The first-order valence-electron chi connectivity index (χ1n) is 5.02. The second-order valence-electron chi connectivity index (χ2n) is 3.66. The summed E-state index contributed by atoms with van der Waals surface area (Å²) in [6.45, 7) is 0.584. The van der Waals surface area contributed by atoms with Crippen molar-refractivity contribution in [3.63, 3.8) is 0 Å². The fourth-order valence-corrected chi connectivity index (χ4v) is 2.41. The molecule has 0 aliphatic heterocycles. The molecule has 0 amide bonds. The van der Waals surface area contributed by atoms with Crippen molar-refractivity contribution < 1.29 is 4.52 Å². The van der Waals surface area contributed by atoms with Gasteiger partial charge in [0.05, 0.1) is 23.8 Å². The fourth-order valence-electron chi connectivity index (χ4n) is 1.77. The molecule has 0 aliphatic rings. The van der Waals surface area contributed by atoms with Gasteiger partial charge in [0.15, 0.2) is 10.5 Å². The first-order valence-corrected chi connectivity index (χ1v) is 6.22. The minimum Gasteiger partial charge on any atom is -0.359 e. The van der Waals surface area contributed by atoms with Gasteiger partial charge >= 0.3 is 0 Å². The van der Waals surface area contributed by atoms with Gasteiger partial charge in [-0.25, -0.2) is 0 Å². The first kappa shape index (κ1) is 10.7. The zero-order valence-electron chi connectivity index (χ0n) is 8.68. The number of benzene rings is 1. The summed E-state index contributed by atoms with van der Waals surface area (Å²) in [7, 11) is 0. The number of hydrogen-bond donors (Lipinski definition) is 1. The number of halogens is 1. The topological polar surface area (TPSA) is 46.8 Å². The quantitative estimate of drug-likeness (QED) is 0.737. The van der Waals surface area contributed by atoms with Gasteiger partial charge in [-0.05, 0) is 30.4 Å². The number of fused-ring (bicyclic) bond motifs is 1. The molecule has 0 bridgehead atoms. The minimum atomic E-state index is 0.584. The molecule has 0 saturated carbocycles. The Bertz CT molecular complexity index is 714. The maximum absolute atomic E-state index is 5.30. The number of aromatic amines is 1. The van der Waals surface area contributed by atoms with Crippen molar-refractivity contribution >= 4 is 39.2 Å². The van der Waals surface area contributed by atoms with Gasteiger partial charge in [-0.15, -0.1) is 0 Å². The SMILES string of the molecule is S=c1[nH]c2cc(Br)ccc2n1Cc1ccno1. The molecule has 1 N–H and O–H groups in total. The molecular formula is C11H8BrN3OS. The molecule has 3 aromatic rings. The van der Waals surface area contributed by atoms with Crippen LogP contribution in [0.4, 0.5) is 0 Å². The summed E-state index contributed by atoms with van der Waals surface area (Å²) in [5.41, 5.74) is 2.05. The Kier molecular flexibility index (Phi) is 2.60. The third kappa shape index (κ3) is 1.94. The molecule has 0 atom stereocenters. The van der Waals surface area contributed by atoms with E-state index in [1.54, 1.807) is 6.20 Å². The molecule has 6 heteroatoms. The summed E-state index contributed by atoms with van der Waals surface area (Å²) >= 11 is 8.73. The fraction of sp³-hybridized carbons (Fsp3) is 0.0909. The van der Waals surface area contributed by atoms with Crippen LogP contribution in [0.3, 0.4) is 0 Å². The average molecular weight is 310 g/mol. The number of nitrogens with zero attached hydrogens (tertiary/aromatic N) is 2. The van der Waals surface area contributed by atoms with Gasteiger partial charge in [-0.3, -0.25) is 0 Å². The number of imidazole rings is 1. The van der Waals surface area contributed by atoms with Crippen molar-refractivity contribution in [2.24, 2.45) is 0 Å². The molecule has 0 aliphatic carbocycles. The van der Waals surface area contributed by atoms with Crippen molar-refractivity contribution in [2.45, 2.75) is 6.54 Å². The second kappa shape index (κ2) is 4.12. The lowest BCUT2D eigenvalue weighted by Gasteiger charge is -2.00. The summed E-state index contributed by atoms with van der Waals surface area (Å²) in [4.78, 5) is 3.17. The molecule has 86 valence electrons. The number of H-pyrrole nitrogens is 1. The molecular weight excluding hydrogens is 302 g/mol. The Morgan fingerprint density at radius 1 is 1.41 bits per heavy atom. The highest BCUT2D eigenvalue weighted by molar-refractivity contribution is 9.10. The van der Waals surface area contributed by atoms with Crippen LogP contribution < -0.4 is 0 Å². The van der Waals surface area contributed by atoms with Crippen LogP contribution in [0.2, 0.25) is 0 Å². The molecule has 0 unspecified atom stereocenters. The Morgan fingerprint density at radius 3 is 3.06 bits per heavy atom. The smallest absolute Gasteiger partial charge is 0.178 e. The van der Waals surface area contributed by atoms with E-state index < -0.39 is 0 Å². The van der Waals surface area contributed by atoms with Gasteiger partial charge in [-0.2, -0.15) is 0 Å². The van der Waals surface area contributed by atoms with Crippen LogP contribution in [-0.4, -0.2) is 14.7 Å². The van der Waals surface area contributed by atoms with Crippen LogP contribution in [-0.2, 0) is 6.54 Å². The standard InChI is InChI=1S/C11H8BrN3OS/c12-7-1-2-10-9(5-7)14-11(17)15(10)6-8-3-4-13-16-8/h1-5H,6H2,(H,14,17). The molecule has 2 heterocycles. The van der Waals surface area contributed by atoms with Crippen molar-refractivity contribution in [2.75, 3.05) is 0 Å². The Balaban J connectivity index is 2.16. The summed E-state index contributed by atoms with van der Waals surface area (Å²) < 4.78 is 8.77. The number of hydrogen-bond acceptors (Lipinski definition) is 3. The van der Waals surface area contributed by atoms with Gasteiger partial charge in [0.2, 0.25) is 0 Å². The monoisotopic (exact) mass is 309 g/mol. The van der Waals surface area contributed by atoms with E-state index in [-0.39, 0.29) is 0 Å². The first-order chi connectivity index (χ1) is 8.24. The van der Waals surface area contributed by atoms with Crippen LogP contribution in [0, 0.1) is 4.77 Å². The van der Waals surface area contributed by atoms with Crippen LogP contribution in [0.15, 0.2) is 39.5 Å². The molecule has 0 fully saturated rings. The number of rotatable bonds is 2. The van der Waals surface area contributed by atoms with Crippen molar-refractivity contribution in [1.29, 1.82) is 0 Å². The van der Waals surface area contributed by atoms with Gasteiger partial charge in [0.1, 0.15) is 0 Å². The maximum atomic E-state index is 5.30. The normalized spacial score (nSPS) is 11.1. The zero-order valence-corrected chi connectivity index (χ0v) is 11.1. The number of aromatic nitrogens is 3. The van der Waals surface area contributed by atoms with E-state index in [1.807, 2.05) is 28.8 Å². The highest BCUT2D eigenvalue weighted by atomic mass is 79.9. The summed E-state index contributed by atoms with van der Waals surface area (Å²) in [5, 5.41) is 3.69. The summed E-state index contributed by atoms with van der Waals surface area (Å²) in [6, 6.07) is 7.84. The van der Waals surface area contributed by atoms with E-state index in [0.717, 1.165) is 21.3 Å². The summed E-state index contributed by atoms with van der Waals surface area (Å²) in [5.74, 6) is 0.782. The number of nitrogens with one attached hydrogen (secondary N) is 1. The molecule has 2 aromatic heterocycles. The third-order valence-electron chi connectivity index (χ3n) is 2.54. The van der Waals surface area contributed by atoms with Crippen LogP contribution in [0.25, 0.3) is 11.0 Å². The van der Waals surface area contributed by atoms with Gasteiger partial charge in [-0.1, -0.05) is 21.1 Å². The predicted octanol–water partition coefficient (Wildman–Crippen LogP) is 3.50. The molecule has 1 aromatic carbocycles. The van der Waals surface area contributed by atoms with Crippen molar-refractivity contribution in [3.05, 3.63) is 45.5 Å². The molecule has 4 nitrogen and oxygen atoms in total.